The second-order valence-electron chi connectivity index (χ2n) is 7.64. The van der Waals surface area contributed by atoms with Gasteiger partial charge in [-0.1, -0.05) is 0 Å². The van der Waals surface area contributed by atoms with Gasteiger partial charge in [-0.15, -0.1) is 0 Å². The van der Waals surface area contributed by atoms with E-state index in [1.807, 2.05) is 18.5 Å². The fourth-order valence-corrected chi connectivity index (χ4v) is 4.84. The Kier molecular flexibility index (Phi) is 4.46. The molecule has 0 saturated carbocycles. The normalized spacial score (nSPS) is 28.5. The molecule has 0 aliphatic carbocycles. The molecule has 2 fully saturated rings. The zero-order chi connectivity index (χ0) is 16.5. The molecule has 5 heteroatoms. The summed E-state index contributed by atoms with van der Waals surface area (Å²) in [6.45, 7) is 9.11. The van der Waals surface area contributed by atoms with Gasteiger partial charge in [0.25, 0.3) is 0 Å². The molecule has 0 radical (unpaired) electrons. The van der Waals surface area contributed by atoms with Crippen LogP contribution < -0.4 is 0 Å². The van der Waals surface area contributed by atoms with Crippen molar-refractivity contribution in [1.29, 1.82) is 0 Å². The maximum atomic E-state index is 5.22. The molecule has 0 N–H and O–H groups in total. The number of aromatic nitrogens is 2. The number of rotatable bonds is 5. The summed E-state index contributed by atoms with van der Waals surface area (Å²) in [4.78, 5) is 5.36. The number of piperidine rings is 1. The molecule has 130 valence electrons. The molecule has 24 heavy (non-hydrogen) atoms. The lowest BCUT2D eigenvalue weighted by Gasteiger charge is -2.40. The van der Waals surface area contributed by atoms with E-state index < -0.39 is 0 Å². The van der Waals surface area contributed by atoms with E-state index in [0.29, 0.717) is 12.1 Å². The molecule has 0 amide bonds. The molecule has 0 bridgehead atoms. The molecule has 3 atom stereocenters. The van der Waals surface area contributed by atoms with Gasteiger partial charge in [0.05, 0.1) is 19.1 Å². The van der Waals surface area contributed by atoms with Crippen LogP contribution >= 0.6 is 0 Å². The Labute approximate surface area is 144 Å². The minimum Gasteiger partial charge on any atom is -0.472 e. The first-order valence-electron chi connectivity index (χ1n) is 9.19. The fraction of sp³-hybridized carbons (Fsp3) is 0.632. The average molecular weight is 328 g/mol. The summed E-state index contributed by atoms with van der Waals surface area (Å²) in [5.74, 6) is 0.772. The average Bonchev–Trinajstić information content (AvgIpc) is 3.27. The molecular formula is C19H28N4O. The SMILES string of the molecule is CC(C)N1[C@H](Cn2cccn2)C[C@@H]2CN(Cc3ccoc3)CC[C@@H]21. The second-order valence-corrected chi connectivity index (χ2v) is 7.64. The Balaban J connectivity index is 1.44. The van der Waals surface area contributed by atoms with Crippen LogP contribution in [0.2, 0.25) is 0 Å². The summed E-state index contributed by atoms with van der Waals surface area (Å²) >= 11 is 0. The van der Waals surface area contributed by atoms with Crippen LogP contribution in [-0.4, -0.2) is 50.8 Å². The Bertz CT molecular complexity index is 622. The van der Waals surface area contributed by atoms with E-state index in [1.165, 1.54) is 31.5 Å². The summed E-state index contributed by atoms with van der Waals surface area (Å²) in [7, 11) is 0. The van der Waals surface area contributed by atoms with E-state index in [4.69, 9.17) is 4.42 Å². The van der Waals surface area contributed by atoms with Crippen molar-refractivity contribution in [3.8, 4) is 0 Å². The highest BCUT2D eigenvalue weighted by molar-refractivity contribution is 5.06. The smallest absolute Gasteiger partial charge is 0.0947 e. The quantitative estimate of drug-likeness (QED) is 0.846. The first-order valence-corrected chi connectivity index (χ1v) is 9.19. The molecule has 2 saturated heterocycles. The molecule has 4 rings (SSSR count). The van der Waals surface area contributed by atoms with E-state index in [9.17, 15) is 0 Å². The largest absolute Gasteiger partial charge is 0.472 e. The highest BCUT2D eigenvalue weighted by Crippen LogP contribution is 2.38. The zero-order valence-electron chi connectivity index (χ0n) is 14.7. The number of hydrogen-bond donors (Lipinski definition) is 0. The molecule has 2 aromatic rings. The van der Waals surface area contributed by atoms with Crippen LogP contribution in [0.3, 0.4) is 0 Å². The van der Waals surface area contributed by atoms with Gasteiger partial charge in [0.2, 0.25) is 0 Å². The van der Waals surface area contributed by atoms with Gasteiger partial charge in [-0.2, -0.15) is 5.10 Å². The summed E-state index contributed by atoms with van der Waals surface area (Å²) in [6.07, 6.45) is 10.2. The molecule has 0 aromatic carbocycles. The predicted octanol–water partition coefficient (Wildman–Crippen LogP) is 2.85. The maximum Gasteiger partial charge on any atom is 0.0947 e. The van der Waals surface area contributed by atoms with E-state index in [1.54, 1.807) is 6.26 Å². The number of likely N-dealkylation sites (tertiary alicyclic amines) is 2. The van der Waals surface area contributed by atoms with Gasteiger partial charge in [-0.05, 0) is 51.3 Å². The third kappa shape index (κ3) is 3.15. The number of furan rings is 1. The van der Waals surface area contributed by atoms with Gasteiger partial charge in [0, 0.05) is 49.2 Å². The summed E-state index contributed by atoms with van der Waals surface area (Å²) in [6, 6.07) is 6.04. The number of fused-ring (bicyclic) bond motifs is 1. The molecule has 2 aliphatic rings. The predicted molar refractivity (Wildman–Crippen MR) is 93.5 cm³/mol. The van der Waals surface area contributed by atoms with Gasteiger partial charge in [-0.25, -0.2) is 0 Å². The van der Waals surface area contributed by atoms with Crippen LogP contribution in [0.15, 0.2) is 41.5 Å². The van der Waals surface area contributed by atoms with Crippen molar-refractivity contribution in [2.75, 3.05) is 13.1 Å². The van der Waals surface area contributed by atoms with E-state index in [0.717, 1.165) is 25.0 Å². The third-order valence-electron chi connectivity index (χ3n) is 5.70. The number of hydrogen-bond acceptors (Lipinski definition) is 4. The third-order valence-corrected chi connectivity index (χ3v) is 5.70. The van der Waals surface area contributed by atoms with Crippen LogP contribution in [-0.2, 0) is 13.1 Å². The van der Waals surface area contributed by atoms with E-state index in [-0.39, 0.29) is 0 Å². The minimum absolute atomic E-state index is 0.598. The molecule has 0 spiro atoms. The van der Waals surface area contributed by atoms with Crippen LogP contribution in [0.5, 0.6) is 0 Å². The van der Waals surface area contributed by atoms with Crippen LogP contribution in [0.4, 0.5) is 0 Å². The lowest BCUT2D eigenvalue weighted by molar-refractivity contribution is 0.0718. The van der Waals surface area contributed by atoms with E-state index >= 15 is 0 Å². The lowest BCUT2D eigenvalue weighted by atomic mass is 9.91. The number of nitrogens with zero attached hydrogens (tertiary/aromatic N) is 4. The van der Waals surface area contributed by atoms with Gasteiger partial charge in [0.1, 0.15) is 0 Å². The van der Waals surface area contributed by atoms with Crippen molar-refractivity contribution in [2.24, 2.45) is 5.92 Å². The van der Waals surface area contributed by atoms with Gasteiger partial charge < -0.3 is 4.42 Å². The van der Waals surface area contributed by atoms with Crippen molar-refractivity contribution in [3.63, 3.8) is 0 Å². The lowest BCUT2D eigenvalue weighted by Crippen LogP contribution is -2.49. The molecule has 2 aliphatic heterocycles. The minimum atomic E-state index is 0.598. The Morgan fingerprint density at radius 1 is 1.38 bits per heavy atom. The fourth-order valence-electron chi connectivity index (χ4n) is 4.84. The summed E-state index contributed by atoms with van der Waals surface area (Å²) < 4.78 is 7.32. The van der Waals surface area contributed by atoms with Gasteiger partial charge in [0.15, 0.2) is 0 Å². The van der Waals surface area contributed by atoms with Crippen molar-refractivity contribution in [1.82, 2.24) is 19.6 Å². The zero-order valence-corrected chi connectivity index (χ0v) is 14.7. The molecule has 0 unspecified atom stereocenters. The first kappa shape index (κ1) is 15.9. The van der Waals surface area contributed by atoms with Crippen LogP contribution in [0.25, 0.3) is 0 Å². The van der Waals surface area contributed by atoms with Crippen molar-refractivity contribution in [2.45, 2.75) is 57.9 Å². The van der Waals surface area contributed by atoms with Crippen molar-refractivity contribution < 1.29 is 4.42 Å². The highest BCUT2D eigenvalue weighted by Gasteiger charge is 2.44. The van der Waals surface area contributed by atoms with Crippen molar-refractivity contribution >= 4 is 0 Å². The van der Waals surface area contributed by atoms with Crippen LogP contribution in [0, 0.1) is 5.92 Å². The Morgan fingerprint density at radius 3 is 3.00 bits per heavy atom. The van der Waals surface area contributed by atoms with Crippen LogP contribution in [0.1, 0.15) is 32.3 Å². The summed E-state index contributed by atoms with van der Waals surface area (Å²) in [5.41, 5.74) is 1.29. The monoisotopic (exact) mass is 328 g/mol. The molecule has 4 heterocycles. The van der Waals surface area contributed by atoms with Gasteiger partial charge in [-0.3, -0.25) is 14.5 Å². The molecule has 2 aromatic heterocycles. The topological polar surface area (TPSA) is 37.4 Å². The molecule has 5 nitrogen and oxygen atoms in total. The van der Waals surface area contributed by atoms with Crippen molar-refractivity contribution in [3.05, 3.63) is 42.6 Å². The second kappa shape index (κ2) is 6.73. The van der Waals surface area contributed by atoms with E-state index in [2.05, 4.69) is 45.7 Å². The standard InChI is InChI=1S/C19H28N4O/c1-15(2)23-18(13-22-7-3-6-20-22)10-17-12-21(8-4-19(17)23)11-16-5-9-24-14-16/h3,5-7,9,14-15,17-19H,4,8,10-13H2,1-2H3/t17-,18+,19+/m1/s1. The van der Waals surface area contributed by atoms with Gasteiger partial charge >= 0.3 is 0 Å². The first-order chi connectivity index (χ1) is 11.7. The Hall–Kier alpha value is -1.59. The molecular weight excluding hydrogens is 300 g/mol. The summed E-state index contributed by atoms with van der Waals surface area (Å²) in [5, 5.41) is 4.42. The highest BCUT2D eigenvalue weighted by atomic mass is 16.3. The Morgan fingerprint density at radius 2 is 2.29 bits per heavy atom. The maximum absolute atomic E-state index is 5.22.